The maximum absolute atomic E-state index is 5.46. The van der Waals surface area contributed by atoms with Gasteiger partial charge in [0, 0.05) is 18.0 Å². The predicted molar refractivity (Wildman–Crippen MR) is 52.3 cm³/mol. The third-order valence-electron chi connectivity index (χ3n) is 1.82. The summed E-state index contributed by atoms with van der Waals surface area (Å²) in [6.07, 6.45) is 4.23. The first-order chi connectivity index (χ1) is 6.33. The van der Waals surface area contributed by atoms with Gasteiger partial charge < -0.3 is 10.3 Å². The molecular weight excluding hydrogens is 234 g/mol. The zero-order chi connectivity index (χ0) is 9.26. The Morgan fingerprint density at radius 2 is 2.31 bits per heavy atom. The fourth-order valence-corrected chi connectivity index (χ4v) is 1.57. The number of pyridine rings is 1. The molecule has 0 spiro atoms. The maximum Gasteiger partial charge on any atom is 0.174 e. The molecule has 0 radical (unpaired) electrons. The van der Waals surface area contributed by atoms with E-state index >= 15 is 0 Å². The molecular formula is C8H8BrN3O. The van der Waals surface area contributed by atoms with E-state index in [4.69, 9.17) is 10.3 Å². The molecule has 0 aliphatic rings. The third-order valence-corrected chi connectivity index (χ3v) is 2.40. The smallest absolute Gasteiger partial charge is 0.174 e. The number of rotatable bonds is 2. The topological polar surface area (TPSA) is 64.9 Å². The minimum Gasteiger partial charge on any atom is -0.355 e. The molecule has 0 atom stereocenters. The maximum atomic E-state index is 5.46. The van der Waals surface area contributed by atoms with E-state index in [1.165, 1.54) is 0 Å². The van der Waals surface area contributed by atoms with Crippen molar-refractivity contribution in [1.82, 2.24) is 10.1 Å². The van der Waals surface area contributed by atoms with Gasteiger partial charge in [-0.1, -0.05) is 5.16 Å². The Morgan fingerprint density at radius 1 is 1.46 bits per heavy atom. The SMILES string of the molecule is NCCc1cncc2c(Br)noc12. The predicted octanol–water partition coefficient (Wildman–Crippen LogP) is 1.49. The van der Waals surface area contributed by atoms with Gasteiger partial charge in [-0.15, -0.1) is 0 Å². The number of hydrogen-bond acceptors (Lipinski definition) is 4. The van der Waals surface area contributed by atoms with E-state index in [-0.39, 0.29) is 0 Å². The van der Waals surface area contributed by atoms with Gasteiger partial charge in [-0.25, -0.2) is 0 Å². The molecule has 2 aromatic rings. The van der Waals surface area contributed by atoms with Crippen molar-refractivity contribution in [3.05, 3.63) is 22.6 Å². The Hall–Kier alpha value is -0.940. The Kier molecular flexibility index (Phi) is 2.28. The van der Waals surface area contributed by atoms with Crippen LogP contribution in [0.2, 0.25) is 0 Å². The minimum atomic E-state index is 0.582. The number of halogens is 1. The van der Waals surface area contributed by atoms with Crippen LogP contribution in [-0.4, -0.2) is 16.7 Å². The summed E-state index contributed by atoms with van der Waals surface area (Å²) in [5.74, 6) is 0. The van der Waals surface area contributed by atoms with E-state index in [0.29, 0.717) is 11.1 Å². The van der Waals surface area contributed by atoms with Crippen LogP contribution in [0.25, 0.3) is 11.0 Å². The van der Waals surface area contributed by atoms with E-state index < -0.39 is 0 Å². The minimum absolute atomic E-state index is 0.582. The van der Waals surface area contributed by atoms with Gasteiger partial charge in [0.25, 0.3) is 0 Å². The Bertz CT molecular complexity index is 426. The largest absolute Gasteiger partial charge is 0.355 e. The molecule has 5 heteroatoms. The van der Waals surface area contributed by atoms with Crippen molar-refractivity contribution >= 4 is 26.9 Å². The molecule has 2 rings (SSSR count). The fraction of sp³-hybridized carbons (Fsp3) is 0.250. The summed E-state index contributed by atoms with van der Waals surface area (Å²) in [6, 6.07) is 0. The lowest BCUT2D eigenvalue weighted by Gasteiger charge is -1.96. The summed E-state index contributed by atoms with van der Waals surface area (Å²) >= 11 is 3.28. The van der Waals surface area contributed by atoms with E-state index in [1.54, 1.807) is 12.4 Å². The molecule has 0 unspecified atom stereocenters. The highest BCUT2D eigenvalue weighted by Crippen LogP contribution is 2.24. The second-order valence-electron chi connectivity index (χ2n) is 2.69. The molecule has 0 fully saturated rings. The molecule has 2 N–H and O–H groups in total. The number of hydrogen-bond donors (Lipinski definition) is 1. The van der Waals surface area contributed by atoms with Crippen LogP contribution in [-0.2, 0) is 6.42 Å². The Morgan fingerprint density at radius 3 is 3.08 bits per heavy atom. The highest BCUT2D eigenvalue weighted by Gasteiger charge is 2.09. The number of fused-ring (bicyclic) bond motifs is 1. The molecule has 0 saturated heterocycles. The monoisotopic (exact) mass is 241 g/mol. The van der Waals surface area contributed by atoms with Crippen LogP contribution in [0.5, 0.6) is 0 Å². The van der Waals surface area contributed by atoms with Gasteiger partial charge >= 0.3 is 0 Å². The molecule has 13 heavy (non-hydrogen) atoms. The normalized spacial score (nSPS) is 10.9. The van der Waals surface area contributed by atoms with Crippen LogP contribution in [0.3, 0.4) is 0 Å². The van der Waals surface area contributed by atoms with Gasteiger partial charge in [0.1, 0.15) is 0 Å². The summed E-state index contributed by atoms with van der Waals surface area (Å²) < 4.78 is 5.83. The van der Waals surface area contributed by atoms with Crippen molar-refractivity contribution < 1.29 is 4.52 Å². The lowest BCUT2D eigenvalue weighted by atomic mass is 10.2. The average Bonchev–Trinajstić information content (AvgIpc) is 2.50. The Balaban J connectivity index is 2.63. The second-order valence-corrected chi connectivity index (χ2v) is 3.44. The van der Waals surface area contributed by atoms with E-state index in [0.717, 1.165) is 23.0 Å². The van der Waals surface area contributed by atoms with Crippen molar-refractivity contribution in [3.63, 3.8) is 0 Å². The summed E-state index contributed by atoms with van der Waals surface area (Å²) in [4.78, 5) is 4.08. The zero-order valence-corrected chi connectivity index (χ0v) is 8.41. The van der Waals surface area contributed by atoms with Crippen molar-refractivity contribution in [2.45, 2.75) is 6.42 Å². The zero-order valence-electron chi connectivity index (χ0n) is 6.83. The van der Waals surface area contributed by atoms with E-state index in [2.05, 4.69) is 26.1 Å². The quantitative estimate of drug-likeness (QED) is 0.866. The van der Waals surface area contributed by atoms with Gasteiger partial charge in [-0.2, -0.15) is 0 Å². The molecule has 0 aliphatic heterocycles. The number of aromatic nitrogens is 2. The molecule has 0 aromatic carbocycles. The van der Waals surface area contributed by atoms with Crippen LogP contribution in [0.1, 0.15) is 5.56 Å². The van der Waals surface area contributed by atoms with Gasteiger partial charge in [0.05, 0.1) is 5.39 Å². The number of nitrogens with two attached hydrogens (primary N) is 1. The summed E-state index contributed by atoms with van der Waals surface area (Å²) in [5, 5.41) is 4.69. The van der Waals surface area contributed by atoms with Crippen molar-refractivity contribution in [2.24, 2.45) is 5.73 Å². The summed E-state index contributed by atoms with van der Waals surface area (Å²) in [5.41, 5.74) is 7.23. The standard InChI is InChI=1S/C8H8BrN3O/c9-8-6-4-11-3-5(1-2-10)7(6)13-12-8/h3-4H,1-2,10H2. The lowest BCUT2D eigenvalue weighted by molar-refractivity contribution is 0.449. The van der Waals surface area contributed by atoms with Crippen LogP contribution >= 0.6 is 15.9 Å². The van der Waals surface area contributed by atoms with E-state index in [1.807, 2.05) is 0 Å². The second kappa shape index (κ2) is 3.43. The molecule has 0 amide bonds. The molecule has 2 heterocycles. The highest BCUT2D eigenvalue weighted by atomic mass is 79.9. The summed E-state index contributed by atoms with van der Waals surface area (Å²) in [6.45, 7) is 0.582. The third kappa shape index (κ3) is 1.45. The van der Waals surface area contributed by atoms with Crippen LogP contribution in [0, 0.1) is 0 Å². The molecule has 0 aliphatic carbocycles. The molecule has 0 saturated carbocycles. The number of nitrogens with zero attached hydrogens (tertiary/aromatic N) is 2. The van der Waals surface area contributed by atoms with Gasteiger partial charge in [-0.3, -0.25) is 4.98 Å². The van der Waals surface area contributed by atoms with E-state index in [9.17, 15) is 0 Å². The fourth-order valence-electron chi connectivity index (χ4n) is 1.22. The average molecular weight is 242 g/mol. The van der Waals surface area contributed by atoms with Crippen LogP contribution in [0.15, 0.2) is 21.5 Å². The lowest BCUT2D eigenvalue weighted by Crippen LogP contribution is -2.03. The first kappa shape index (κ1) is 8.65. The highest BCUT2D eigenvalue weighted by molar-refractivity contribution is 9.10. The van der Waals surface area contributed by atoms with Crippen molar-refractivity contribution in [3.8, 4) is 0 Å². The van der Waals surface area contributed by atoms with Crippen molar-refractivity contribution in [2.75, 3.05) is 6.54 Å². The molecule has 2 aromatic heterocycles. The van der Waals surface area contributed by atoms with Gasteiger partial charge in [-0.05, 0) is 28.9 Å². The first-order valence-corrected chi connectivity index (χ1v) is 4.70. The first-order valence-electron chi connectivity index (χ1n) is 3.90. The Labute approximate surface area is 83.2 Å². The van der Waals surface area contributed by atoms with Crippen molar-refractivity contribution in [1.29, 1.82) is 0 Å². The van der Waals surface area contributed by atoms with Gasteiger partial charge in [0.15, 0.2) is 10.2 Å². The molecule has 68 valence electrons. The summed E-state index contributed by atoms with van der Waals surface area (Å²) in [7, 11) is 0. The van der Waals surface area contributed by atoms with Crippen LogP contribution in [0.4, 0.5) is 0 Å². The molecule has 0 bridgehead atoms. The van der Waals surface area contributed by atoms with Gasteiger partial charge in [0.2, 0.25) is 0 Å². The van der Waals surface area contributed by atoms with Crippen LogP contribution < -0.4 is 5.73 Å². The molecule has 4 nitrogen and oxygen atoms in total.